The van der Waals surface area contributed by atoms with Crippen LogP contribution in [-0.2, 0) is 9.53 Å². The number of nitrogens with zero attached hydrogens (tertiary/aromatic N) is 3. The minimum Gasteiger partial charge on any atom is -0.468 e. The monoisotopic (exact) mass is 264 g/mol. The fraction of sp³-hybridized carbons (Fsp3) is 0.417. The molecule has 1 aliphatic heterocycles. The van der Waals surface area contributed by atoms with E-state index in [2.05, 4.69) is 15.0 Å². The molecule has 0 atom stereocenters. The highest BCUT2D eigenvalue weighted by molar-refractivity contribution is 5.97. The largest absolute Gasteiger partial charge is 0.468 e. The predicted molar refractivity (Wildman–Crippen MR) is 70.3 cm³/mol. The van der Waals surface area contributed by atoms with Crippen LogP contribution >= 0.6 is 0 Å². The van der Waals surface area contributed by atoms with Crippen molar-refractivity contribution < 1.29 is 14.3 Å². The molecular weight excluding hydrogens is 248 g/mol. The quantitative estimate of drug-likeness (QED) is 0.773. The van der Waals surface area contributed by atoms with Gasteiger partial charge in [-0.1, -0.05) is 0 Å². The van der Waals surface area contributed by atoms with Crippen molar-refractivity contribution in [3.63, 3.8) is 0 Å². The average Bonchev–Trinajstić information content (AvgIpc) is 2.45. The molecule has 0 aliphatic carbocycles. The number of amides is 2. The predicted octanol–water partition coefficient (Wildman–Crippen LogP) is 0.220. The molecule has 7 heteroatoms. The first kappa shape index (κ1) is 13.1. The van der Waals surface area contributed by atoms with Crippen LogP contribution in [0.3, 0.4) is 0 Å². The number of esters is 1. The molecule has 7 nitrogen and oxygen atoms in total. The summed E-state index contributed by atoms with van der Waals surface area (Å²) in [5, 5.41) is 2.52. The summed E-state index contributed by atoms with van der Waals surface area (Å²) in [6.45, 7) is 1.09. The molecule has 0 saturated carbocycles. The number of rotatable bonds is 2. The highest BCUT2D eigenvalue weighted by Crippen LogP contribution is 2.29. The number of methoxy groups -OCH3 is 1. The Kier molecular flexibility index (Phi) is 3.84. The van der Waals surface area contributed by atoms with Gasteiger partial charge in [0.15, 0.2) is 5.82 Å². The van der Waals surface area contributed by atoms with Crippen LogP contribution in [0, 0.1) is 0 Å². The molecule has 0 bridgehead atoms. The number of likely N-dealkylation sites (N-methyl/N-ethyl adjacent to an activating group) is 1. The Labute approximate surface area is 111 Å². The second-order valence-corrected chi connectivity index (χ2v) is 4.15. The summed E-state index contributed by atoms with van der Waals surface area (Å²) in [4.78, 5) is 30.9. The lowest BCUT2D eigenvalue weighted by Crippen LogP contribution is -2.48. The summed E-state index contributed by atoms with van der Waals surface area (Å²) in [5.74, 6) is 0.274. The summed E-state index contributed by atoms with van der Waals surface area (Å²) in [7, 11) is 3.21. The van der Waals surface area contributed by atoms with Gasteiger partial charge in [-0.3, -0.25) is 9.69 Å². The van der Waals surface area contributed by atoms with E-state index in [0.29, 0.717) is 13.1 Å². The van der Waals surface area contributed by atoms with E-state index in [1.54, 1.807) is 17.2 Å². The Morgan fingerprint density at radius 3 is 3.00 bits per heavy atom. The molecule has 0 spiro atoms. The Hall–Kier alpha value is -2.31. The topological polar surface area (TPSA) is 74.8 Å². The maximum absolute atomic E-state index is 12.0. The molecule has 2 heterocycles. The Morgan fingerprint density at radius 1 is 1.47 bits per heavy atom. The van der Waals surface area contributed by atoms with Crippen molar-refractivity contribution in [3.05, 3.63) is 18.3 Å². The molecule has 102 valence electrons. The van der Waals surface area contributed by atoms with Gasteiger partial charge < -0.3 is 15.0 Å². The number of hydrogen-bond acceptors (Lipinski definition) is 5. The van der Waals surface area contributed by atoms with Crippen LogP contribution in [0.4, 0.5) is 16.3 Å². The van der Waals surface area contributed by atoms with Gasteiger partial charge in [-0.25, -0.2) is 9.78 Å². The number of carbonyl (C=O) groups is 2. The molecule has 19 heavy (non-hydrogen) atoms. The van der Waals surface area contributed by atoms with Gasteiger partial charge in [0.2, 0.25) is 0 Å². The first-order valence-electron chi connectivity index (χ1n) is 5.92. The van der Waals surface area contributed by atoms with E-state index in [1.165, 1.54) is 7.11 Å². The number of hydrogen-bond donors (Lipinski definition) is 1. The second kappa shape index (κ2) is 5.55. The van der Waals surface area contributed by atoms with Gasteiger partial charge >= 0.3 is 12.0 Å². The highest BCUT2D eigenvalue weighted by Gasteiger charge is 2.25. The first-order chi connectivity index (χ1) is 9.13. The molecule has 2 amide bonds. The lowest BCUT2D eigenvalue weighted by atomic mass is 10.2. The number of aromatic nitrogens is 1. The smallest absolute Gasteiger partial charge is 0.325 e. The molecule has 0 aromatic carbocycles. The van der Waals surface area contributed by atoms with E-state index in [1.807, 2.05) is 18.0 Å². The number of fused-ring (bicyclic) bond motifs is 1. The maximum Gasteiger partial charge on any atom is 0.325 e. The summed E-state index contributed by atoms with van der Waals surface area (Å²) in [6.07, 6.45) is 1.69. The molecule has 2 rings (SSSR count). The molecule has 0 saturated heterocycles. The molecule has 0 fully saturated rings. The van der Waals surface area contributed by atoms with Crippen LogP contribution in [0.15, 0.2) is 18.3 Å². The van der Waals surface area contributed by atoms with Crippen LogP contribution in [0.2, 0.25) is 0 Å². The van der Waals surface area contributed by atoms with Crippen LogP contribution < -0.4 is 15.1 Å². The molecule has 1 aliphatic rings. The number of carbonyl (C=O) groups excluding carboxylic acids is 2. The first-order valence-corrected chi connectivity index (χ1v) is 5.92. The van der Waals surface area contributed by atoms with Crippen molar-refractivity contribution in [2.75, 3.05) is 43.6 Å². The normalized spacial score (nSPS) is 13.8. The zero-order valence-electron chi connectivity index (χ0n) is 10.9. The van der Waals surface area contributed by atoms with Gasteiger partial charge in [-0.15, -0.1) is 0 Å². The van der Waals surface area contributed by atoms with Crippen LogP contribution in [0.25, 0.3) is 0 Å². The number of ether oxygens (including phenoxy) is 1. The van der Waals surface area contributed by atoms with Crippen molar-refractivity contribution >= 4 is 23.5 Å². The van der Waals surface area contributed by atoms with Gasteiger partial charge in [-0.2, -0.15) is 0 Å². The average molecular weight is 264 g/mol. The zero-order valence-corrected chi connectivity index (χ0v) is 10.9. The van der Waals surface area contributed by atoms with E-state index in [4.69, 9.17) is 0 Å². The van der Waals surface area contributed by atoms with Crippen molar-refractivity contribution in [3.8, 4) is 0 Å². The Bertz CT molecular complexity index is 492. The summed E-state index contributed by atoms with van der Waals surface area (Å²) in [5.41, 5.74) is 0.735. The van der Waals surface area contributed by atoms with Crippen molar-refractivity contribution in [2.24, 2.45) is 0 Å². The summed E-state index contributed by atoms with van der Waals surface area (Å²) >= 11 is 0. The lowest BCUT2D eigenvalue weighted by molar-refractivity contribution is -0.139. The van der Waals surface area contributed by atoms with Gasteiger partial charge in [-0.05, 0) is 12.1 Å². The second-order valence-electron chi connectivity index (χ2n) is 4.15. The Morgan fingerprint density at radius 2 is 2.26 bits per heavy atom. The van der Waals surface area contributed by atoms with Crippen molar-refractivity contribution in [1.29, 1.82) is 0 Å². The zero-order chi connectivity index (χ0) is 13.8. The van der Waals surface area contributed by atoms with E-state index in [-0.39, 0.29) is 12.6 Å². The van der Waals surface area contributed by atoms with Crippen LogP contribution in [0.1, 0.15) is 0 Å². The van der Waals surface area contributed by atoms with E-state index < -0.39 is 5.97 Å². The molecule has 0 unspecified atom stereocenters. The molecule has 0 radical (unpaired) electrons. The number of anilines is 2. The van der Waals surface area contributed by atoms with E-state index in [9.17, 15) is 9.59 Å². The van der Waals surface area contributed by atoms with Gasteiger partial charge in [0, 0.05) is 26.3 Å². The van der Waals surface area contributed by atoms with E-state index >= 15 is 0 Å². The van der Waals surface area contributed by atoms with Gasteiger partial charge in [0.25, 0.3) is 0 Å². The fourth-order valence-electron chi connectivity index (χ4n) is 1.90. The third-order valence-corrected chi connectivity index (χ3v) is 2.93. The molecule has 1 aromatic rings. The standard InChI is InChI=1S/C12H16N4O3/c1-15-6-7-16(9-4-3-5-13-11(9)15)12(18)14-8-10(17)19-2/h3-5H,6-8H2,1-2H3,(H,14,18). The van der Waals surface area contributed by atoms with Crippen LogP contribution in [-0.4, -0.2) is 50.8 Å². The number of pyridine rings is 1. The van der Waals surface area contributed by atoms with Crippen LogP contribution in [0.5, 0.6) is 0 Å². The minimum absolute atomic E-state index is 0.142. The van der Waals surface area contributed by atoms with Crippen molar-refractivity contribution in [2.45, 2.75) is 0 Å². The maximum atomic E-state index is 12.0. The SMILES string of the molecule is COC(=O)CNC(=O)N1CCN(C)c2ncccc21. The van der Waals surface area contributed by atoms with E-state index in [0.717, 1.165) is 11.5 Å². The molecular formula is C12H16N4O3. The fourth-order valence-corrected chi connectivity index (χ4v) is 1.90. The highest BCUT2D eigenvalue weighted by atomic mass is 16.5. The third-order valence-electron chi connectivity index (χ3n) is 2.93. The number of nitrogens with one attached hydrogen (secondary N) is 1. The number of urea groups is 1. The molecule has 1 aromatic heterocycles. The lowest BCUT2D eigenvalue weighted by Gasteiger charge is -2.34. The molecule has 1 N–H and O–H groups in total. The summed E-state index contributed by atoms with van der Waals surface area (Å²) in [6, 6.07) is 3.28. The minimum atomic E-state index is -0.478. The summed E-state index contributed by atoms with van der Waals surface area (Å²) < 4.78 is 4.48. The van der Waals surface area contributed by atoms with Crippen molar-refractivity contribution in [1.82, 2.24) is 10.3 Å². The third kappa shape index (κ3) is 2.75. The van der Waals surface area contributed by atoms with Gasteiger partial charge in [0.1, 0.15) is 6.54 Å². The van der Waals surface area contributed by atoms with Gasteiger partial charge in [0.05, 0.1) is 12.8 Å². The Balaban J connectivity index is 2.11.